The molecule has 2 aromatic carbocycles. The van der Waals surface area contributed by atoms with Crippen LogP contribution in [0.3, 0.4) is 0 Å². The first-order valence-electron chi connectivity index (χ1n) is 9.92. The number of carbonyl (C=O) groups is 1. The number of fused-ring (bicyclic) bond motifs is 1. The van der Waals surface area contributed by atoms with Gasteiger partial charge < -0.3 is 10.1 Å². The lowest BCUT2D eigenvalue weighted by molar-refractivity contribution is 0.102. The summed E-state index contributed by atoms with van der Waals surface area (Å²) >= 11 is 0. The largest absolute Gasteiger partial charge is 0.494 e. The summed E-state index contributed by atoms with van der Waals surface area (Å²) in [5.41, 5.74) is 5.65. The molecule has 4 rings (SSSR count). The highest BCUT2D eigenvalue weighted by molar-refractivity contribution is 6.13. The van der Waals surface area contributed by atoms with E-state index < -0.39 is 0 Å². The maximum absolute atomic E-state index is 13.2. The molecule has 2 heterocycles. The van der Waals surface area contributed by atoms with Gasteiger partial charge in [0.1, 0.15) is 5.75 Å². The molecule has 0 aliphatic carbocycles. The van der Waals surface area contributed by atoms with Crippen molar-refractivity contribution < 1.29 is 9.53 Å². The van der Waals surface area contributed by atoms with Crippen molar-refractivity contribution in [1.82, 2.24) is 14.8 Å². The maximum Gasteiger partial charge on any atom is 0.256 e. The first kappa shape index (κ1) is 19.6. The maximum atomic E-state index is 13.2. The molecule has 0 aliphatic heterocycles. The Kier molecular flexibility index (Phi) is 5.23. The average Bonchev–Trinajstić information content (AvgIpc) is 3.00. The predicted octanol–water partition coefficient (Wildman–Crippen LogP) is 4.90. The number of ether oxygens (including phenoxy) is 1. The van der Waals surface area contributed by atoms with Crippen molar-refractivity contribution in [3.8, 4) is 17.0 Å². The summed E-state index contributed by atoms with van der Waals surface area (Å²) < 4.78 is 7.30. The normalized spacial score (nSPS) is 10.9. The molecule has 0 saturated carbocycles. The zero-order valence-corrected chi connectivity index (χ0v) is 17.6. The number of para-hydroxylation sites is 1. The van der Waals surface area contributed by atoms with E-state index in [0.717, 1.165) is 39.3 Å². The minimum absolute atomic E-state index is 0.182. The van der Waals surface area contributed by atoms with E-state index in [1.54, 1.807) is 0 Å². The lowest BCUT2D eigenvalue weighted by Crippen LogP contribution is -2.13. The smallest absolute Gasteiger partial charge is 0.256 e. The molecular formula is C24H24N4O2. The number of carbonyl (C=O) groups excluding carboxylic acids is 1. The minimum atomic E-state index is -0.182. The number of rotatable bonds is 5. The zero-order valence-electron chi connectivity index (χ0n) is 17.6. The third-order valence-electron chi connectivity index (χ3n) is 5.15. The quantitative estimate of drug-likeness (QED) is 0.517. The van der Waals surface area contributed by atoms with Crippen LogP contribution in [0.25, 0.3) is 22.2 Å². The van der Waals surface area contributed by atoms with Crippen LogP contribution in [0.5, 0.6) is 5.75 Å². The molecule has 30 heavy (non-hydrogen) atoms. The summed E-state index contributed by atoms with van der Waals surface area (Å²) in [6.07, 6.45) is 0. The van der Waals surface area contributed by atoms with Gasteiger partial charge in [0.2, 0.25) is 0 Å². The predicted molar refractivity (Wildman–Crippen MR) is 119 cm³/mol. The number of aryl methyl sites for hydroxylation is 2. The third kappa shape index (κ3) is 3.64. The van der Waals surface area contributed by atoms with Crippen LogP contribution < -0.4 is 10.1 Å². The Morgan fingerprint density at radius 2 is 1.83 bits per heavy atom. The van der Waals surface area contributed by atoms with Crippen molar-refractivity contribution >= 4 is 22.5 Å². The first-order chi connectivity index (χ1) is 14.5. The van der Waals surface area contributed by atoms with E-state index in [9.17, 15) is 4.79 Å². The summed E-state index contributed by atoms with van der Waals surface area (Å²) in [5.74, 6) is 0.591. The summed E-state index contributed by atoms with van der Waals surface area (Å²) in [7, 11) is 1.91. The first-order valence-corrected chi connectivity index (χ1v) is 9.92. The zero-order chi connectivity index (χ0) is 21.3. The molecular weight excluding hydrogens is 376 g/mol. The Bertz CT molecular complexity index is 1230. The fraction of sp³-hybridized carbons (Fsp3) is 0.208. The molecule has 0 atom stereocenters. The Morgan fingerprint density at radius 3 is 2.50 bits per heavy atom. The van der Waals surface area contributed by atoms with Crippen LogP contribution in [0.4, 0.5) is 5.69 Å². The SMILES string of the molecule is CCOc1ccc(NC(=O)c2cc(-c3c(C)nn(C)c3C)nc3ccccc23)cc1. The molecule has 1 amide bonds. The lowest BCUT2D eigenvalue weighted by Gasteiger charge is -2.11. The van der Waals surface area contributed by atoms with Gasteiger partial charge in [-0.15, -0.1) is 0 Å². The minimum Gasteiger partial charge on any atom is -0.494 e. The van der Waals surface area contributed by atoms with Gasteiger partial charge in [-0.3, -0.25) is 9.48 Å². The fourth-order valence-electron chi connectivity index (χ4n) is 3.64. The fourth-order valence-corrected chi connectivity index (χ4v) is 3.64. The summed E-state index contributed by atoms with van der Waals surface area (Å²) in [4.78, 5) is 18.0. The second-order valence-electron chi connectivity index (χ2n) is 7.15. The second-order valence-corrected chi connectivity index (χ2v) is 7.15. The number of pyridine rings is 1. The molecule has 0 spiro atoms. The van der Waals surface area contributed by atoms with Crippen LogP contribution in [0.15, 0.2) is 54.6 Å². The molecule has 6 nitrogen and oxygen atoms in total. The Labute approximate surface area is 175 Å². The molecule has 0 radical (unpaired) electrons. The van der Waals surface area contributed by atoms with Gasteiger partial charge in [-0.05, 0) is 57.2 Å². The Morgan fingerprint density at radius 1 is 1.10 bits per heavy atom. The van der Waals surface area contributed by atoms with E-state index in [2.05, 4.69) is 10.4 Å². The van der Waals surface area contributed by atoms with Crippen molar-refractivity contribution in [3.63, 3.8) is 0 Å². The van der Waals surface area contributed by atoms with Gasteiger partial charge >= 0.3 is 0 Å². The Hall–Kier alpha value is -3.67. The van der Waals surface area contributed by atoms with E-state index in [4.69, 9.17) is 9.72 Å². The Balaban J connectivity index is 1.76. The molecule has 6 heteroatoms. The molecule has 0 aliphatic rings. The van der Waals surface area contributed by atoms with E-state index in [1.165, 1.54) is 0 Å². The van der Waals surface area contributed by atoms with Crippen LogP contribution in [-0.2, 0) is 7.05 Å². The molecule has 4 aromatic rings. The van der Waals surface area contributed by atoms with Crippen molar-refractivity contribution in [2.45, 2.75) is 20.8 Å². The van der Waals surface area contributed by atoms with Crippen LogP contribution in [-0.4, -0.2) is 27.3 Å². The lowest BCUT2D eigenvalue weighted by atomic mass is 10.0. The van der Waals surface area contributed by atoms with Crippen molar-refractivity contribution in [1.29, 1.82) is 0 Å². The van der Waals surface area contributed by atoms with Crippen molar-refractivity contribution in [2.24, 2.45) is 7.05 Å². The number of benzene rings is 2. The monoisotopic (exact) mass is 400 g/mol. The van der Waals surface area contributed by atoms with Crippen LogP contribution in [0, 0.1) is 13.8 Å². The van der Waals surface area contributed by atoms with E-state index in [0.29, 0.717) is 17.9 Å². The highest BCUT2D eigenvalue weighted by Gasteiger charge is 2.18. The van der Waals surface area contributed by atoms with E-state index >= 15 is 0 Å². The summed E-state index contributed by atoms with van der Waals surface area (Å²) in [5, 5.41) is 8.30. The molecule has 1 N–H and O–H groups in total. The number of hydrogen-bond donors (Lipinski definition) is 1. The molecule has 2 aromatic heterocycles. The van der Waals surface area contributed by atoms with Gasteiger partial charge in [0.15, 0.2) is 0 Å². The average molecular weight is 400 g/mol. The number of nitrogens with zero attached hydrogens (tertiary/aromatic N) is 3. The van der Waals surface area contributed by atoms with Gasteiger partial charge in [-0.25, -0.2) is 4.98 Å². The topological polar surface area (TPSA) is 69.0 Å². The summed E-state index contributed by atoms with van der Waals surface area (Å²) in [6.45, 7) is 6.50. The molecule has 152 valence electrons. The highest BCUT2D eigenvalue weighted by atomic mass is 16.5. The number of nitrogens with one attached hydrogen (secondary N) is 1. The number of amides is 1. The van der Waals surface area contributed by atoms with Crippen molar-refractivity contribution in [3.05, 3.63) is 71.5 Å². The van der Waals surface area contributed by atoms with E-state index in [1.807, 2.05) is 87.1 Å². The third-order valence-corrected chi connectivity index (χ3v) is 5.15. The number of hydrogen-bond acceptors (Lipinski definition) is 4. The standard InChI is InChI=1S/C24H24N4O2/c1-5-30-18-12-10-17(11-13-18)25-24(29)20-14-22(23-15(2)27-28(4)16(23)3)26-21-9-7-6-8-19(20)21/h6-14H,5H2,1-4H3,(H,25,29). The molecule has 0 fully saturated rings. The van der Waals surface area contributed by atoms with Gasteiger partial charge in [0.25, 0.3) is 5.91 Å². The summed E-state index contributed by atoms with van der Waals surface area (Å²) in [6, 6.07) is 16.9. The second kappa shape index (κ2) is 7.99. The van der Waals surface area contributed by atoms with Gasteiger partial charge in [-0.1, -0.05) is 18.2 Å². The number of anilines is 1. The van der Waals surface area contributed by atoms with E-state index in [-0.39, 0.29) is 5.91 Å². The van der Waals surface area contributed by atoms with Crippen molar-refractivity contribution in [2.75, 3.05) is 11.9 Å². The molecule has 0 bridgehead atoms. The number of aromatic nitrogens is 3. The van der Waals surface area contributed by atoms with Gasteiger partial charge in [-0.2, -0.15) is 5.10 Å². The van der Waals surface area contributed by atoms with Crippen LogP contribution >= 0.6 is 0 Å². The van der Waals surface area contributed by atoms with Crippen LogP contribution in [0.1, 0.15) is 28.7 Å². The molecule has 0 unspecified atom stereocenters. The van der Waals surface area contributed by atoms with Gasteiger partial charge in [0.05, 0.1) is 29.1 Å². The van der Waals surface area contributed by atoms with Gasteiger partial charge in [0, 0.05) is 29.4 Å². The molecule has 0 saturated heterocycles. The highest BCUT2D eigenvalue weighted by Crippen LogP contribution is 2.29. The van der Waals surface area contributed by atoms with Crippen LogP contribution in [0.2, 0.25) is 0 Å².